The van der Waals surface area contributed by atoms with Crippen LogP contribution in [0.4, 0.5) is 4.79 Å². The summed E-state index contributed by atoms with van der Waals surface area (Å²) in [6, 6.07) is 8.10. The van der Waals surface area contributed by atoms with E-state index in [0.29, 0.717) is 5.56 Å². The van der Waals surface area contributed by atoms with Gasteiger partial charge in [-0.15, -0.1) is 0 Å². The number of alkyl carbamates (subject to hydrolysis) is 1. The van der Waals surface area contributed by atoms with Gasteiger partial charge in [-0.1, -0.05) is 49.6 Å². The van der Waals surface area contributed by atoms with Gasteiger partial charge < -0.3 is 20.7 Å². The van der Waals surface area contributed by atoms with Gasteiger partial charge in [0.05, 0.1) is 6.54 Å². The van der Waals surface area contributed by atoms with Crippen LogP contribution in [-0.4, -0.2) is 36.1 Å². The van der Waals surface area contributed by atoms with Gasteiger partial charge in [-0.05, 0) is 39.2 Å². The zero-order chi connectivity index (χ0) is 20.6. The fourth-order valence-electron chi connectivity index (χ4n) is 3.17. The lowest BCUT2D eigenvalue weighted by atomic mass is 9.95. The average Bonchev–Trinajstić information content (AvgIpc) is 2.64. The number of hydrogen-bond donors (Lipinski definition) is 3. The maximum absolute atomic E-state index is 12.7. The van der Waals surface area contributed by atoms with Gasteiger partial charge in [0.25, 0.3) is 0 Å². The number of amides is 3. The molecule has 28 heavy (non-hydrogen) atoms. The van der Waals surface area contributed by atoms with Gasteiger partial charge in [-0.2, -0.15) is 0 Å². The molecule has 0 saturated heterocycles. The molecule has 7 heteroatoms. The third-order valence-corrected chi connectivity index (χ3v) is 4.45. The van der Waals surface area contributed by atoms with Crippen LogP contribution in [0, 0.1) is 0 Å². The number of hydrogen-bond acceptors (Lipinski definition) is 4. The lowest BCUT2D eigenvalue weighted by Crippen LogP contribution is -2.47. The SMILES string of the molecule is CC(C)(C)OC(=O)NC(C(=O)NCC(=O)NC1CCCCC1)c1ccccc1. The van der Waals surface area contributed by atoms with E-state index in [1.165, 1.54) is 6.42 Å². The molecule has 1 saturated carbocycles. The Morgan fingerprint density at radius 1 is 1.07 bits per heavy atom. The molecular weight excluding hydrogens is 358 g/mol. The minimum Gasteiger partial charge on any atom is -0.444 e. The Hall–Kier alpha value is -2.57. The van der Waals surface area contributed by atoms with Gasteiger partial charge >= 0.3 is 6.09 Å². The average molecular weight is 389 g/mol. The van der Waals surface area contributed by atoms with Crippen LogP contribution in [0.5, 0.6) is 0 Å². The zero-order valence-electron chi connectivity index (χ0n) is 16.9. The van der Waals surface area contributed by atoms with Crippen molar-refractivity contribution in [2.24, 2.45) is 0 Å². The first-order valence-corrected chi connectivity index (χ1v) is 9.86. The van der Waals surface area contributed by atoms with Crippen molar-refractivity contribution in [3.8, 4) is 0 Å². The summed E-state index contributed by atoms with van der Waals surface area (Å²) in [5.41, 5.74) is -0.0691. The molecule has 1 aliphatic carbocycles. The number of nitrogens with one attached hydrogen (secondary N) is 3. The molecule has 1 aromatic carbocycles. The minimum absolute atomic E-state index is 0.130. The second-order valence-electron chi connectivity index (χ2n) is 8.11. The van der Waals surface area contributed by atoms with E-state index in [1.807, 2.05) is 6.07 Å². The lowest BCUT2D eigenvalue weighted by Gasteiger charge is -2.24. The summed E-state index contributed by atoms with van der Waals surface area (Å²) in [4.78, 5) is 37.0. The van der Waals surface area contributed by atoms with Crippen molar-refractivity contribution in [3.63, 3.8) is 0 Å². The molecule has 1 aromatic rings. The number of carbonyl (C=O) groups is 3. The smallest absolute Gasteiger partial charge is 0.408 e. The van der Waals surface area contributed by atoms with Crippen LogP contribution in [0.3, 0.4) is 0 Å². The van der Waals surface area contributed by atoms with Crippen molar-refractivity contribution in [2.75, 3.05) is 6.54 Å². The molecule has 1 fully saturated rings. The molecule has 0 radical (unpaired) electrons. The van der Waals surface area contributed by atoms with Crippen LogP contribution >= 0.6 is 0 Å². The summed E-state index contributed by atoms with van der Waals surface area (Å²) in [6.07, 6.45) is 4.71. The number of benzene rings is 1. The molecule has 1 unspecified atom stereocenters. The Labute approximate surface area is 166 Å². The largest absolute Gasteiger partial charge is 0.444 e. The lowest BCUT2D eigenvalue weighted by molar-refractivity contribution is -0.127. The molecule has 0 spiro atoms. The third kappa shape index (κ3) is 7.58. The zero-order valence-corrected chi connectivity index (χ0v) is 16.9. The van der Waals surface area contributed by atoms with Crippen LogP contribution in [0.1, 0.15) is 64.5 Å². The first-order chi connectivity index (χ1) is 13.2. The molecule has 0 aliphatic heterocycles. The molecule has 0 aromatic heterocycles. The Morgan fingerprint density at radius 2 is 1.71 bits per heavy atom. The highest BCUT2D eigenvalue weighted by molar-refractivity contribution is 5.90. The van der Waals surface area contributed by atoms with E-state index >= 15 is 0 Å². The second kappa shape index (κ2) is 10.1. The number of rotatable bonds is 6. The van der Waals surface area contributed by atoms with Crippen molar-refractivity contribution in [2.45, 2.75) is 70.6 Å². The van der Waals surface area contributed by atoms with Crippen LogP contribution in [0.15, 0.2) is 30.3 Å². The van der Waals surface area contributed by atoms with E-state index in [9.17, 15) is 14.4 Å². The van der Waals surface area contributed by atoms with Crippen LogP contribution in [0.25, 0.3) is 0 Å². The normalized spacial score (nSPS) is 16.0. The predicted octanol–water partition coefficient (Wildman–Crippen LogP) is 2.82. The van der Waals surface area contributed by atoms with Crippen molar-refractivity contribution in [1.82, 2.24) is 16.0 Å². The molecule has 2 rings (SSSR count). The fourth-order valence-corrected chi connectivity index (χ4v) is 3.17. The molecule has 7 nitrogen and oxygen atoms in total. The topological polar surface area (TPSA) is 96.5 Å². The van der Waals surface area contributed by atoms with Gasteiger partial charge in [0.2, 0.25) is 11.8 Å². The molecule has 3 N–H and O–H groups in total. The summed E-state index contributed by atoms with van der Waals surface area (Å²) in [5.74, 6) is -0.680. The molecule has 3 amide bonds. The molecule has 0 bridgehead atoms. The Morgan fingerprint density at radius 3 is 2.32 bits per heavy atom. The fraction of sp³-hybridized carbons (Fsp3) is 0.571. The van der Waals surface area contributed by atoms with Gasteiger partial charge in [0, 0.05) is 6.04 Å². The maximum Gasteiger partial charge on any atom is 0.408 e. The Bertz CT molecular complexity index is 664. The van der Waals surface area contributed by atoms with Gasteiger partial charge in [0.1, 0.15) is 11.6 Å². The van der Waals surface area contributed by atoms with Crippen molar-refractivity contribution < 1.29 is 19.1 Å². The summed E-state index contributed by atoms with van der Waals surface area (Å²) in [5, 5.41) is 8.17. The van der Waals surface area contributed by atoms with Gasteiger partial charge in [0.15, 0.2) is 0 Å². The van der Waals surface area contributed by atoms with Gasteiger partial charge in [-0.3, -0.25) is 9.59 Å². The molecular formula is C21H31N3O4. The summed E-state index contributed by atoms with van der Waals surface area (Å²) in [6.45, 7) is 5.12. The summed E-state index contributed by atoms with van der Waals surface area (Å²) < 4.78 is 5.26. The van der Waals surface area contributed by atoms with Crippen molar-refractivity contribution in [3.05, 3.63) is 35.9 Å². The van der Waals surface area contributed by atoms with E-state index in [0.717, 1.165) is 25.7 Å². The summed E-state index contributed by atoms with van der Waals surface area (Å²) in [7, 11) is 0. The Balaban J connectivity index is 1.94. The quantitative estimate of drug-likeness (QED) is 0.697. The van der Waals surface area contributed by atoms with E-state index in [4.69, 9.17) is 4.74 Å². The highest BCUT2D eigenvalue weighted by Crippen LogP contribution is 2.17. The van der Waals surface area contributed by atoms with Crippen LogP contribution in [0.2, 0.25) is 0 Å². The van der Waals surface area contributed by atoms with E-state index < -0.39 is 23.6 Å². The van der Waals surface area contributed by atoms with Gasteiger partial charge in [-0.25, -0.2) is 4.79 Å². The second-order valence-corrected chi connectivity index (χ2v) is 8.11. The first-order valence-electron chi connectivity index (χ1n) is 9.86. The van der Waals surface area contributed by atoms with Crippen LogP contribution in [-0.2, 0) is 14.3 Å². The highest BCUT2D eigenvalue weighted by Gasteiger charge is 2.26. The molecule has 1 atom stereocenters. The molecule has 0 heterocycles. The number of carbonyl (C=O) groups excluding carboxylic acids is 3. The standard InChI is InChI=1S/C21H31N3O4/c1-21(2,3)28-20(27)24-18(15-10-6-4-7-11-15)19(26)22-14-17(25)23-16-12-8-5-9-13-16/h4,6-7,10-11,16,18H,5,8-9,12-14H2,1-3H3,(H,22,26)(H,23,25)(H,24,27). The monoisotopic (exact) mass is 389 g/mol. The third-order valence-electron chi connectivity index (χ3n) is 4.45. The van der Waals surface area contributed by atoms with Crippen molar-refractivity contribution >= 4 is 17.9 Å². The number of ether oxygens (including phenoxy) is 1. The first kappa shape index (κ1) is 21.7. The summed E-state index contributed by atoms with van der Waals surface area (Å²) >= 11 is 0. The minimum atomic E-state index is -0.946. The van der Waals surface area contributed by atoms with E-state index in [1.54, 1.807) is 45.0 Å². The van der Waals surface area contributed by atoms with E-state index in [-0.39, 0.29) is 18.5 Å². The Kier molecular flexibility index (Phi) is 7.84. The van der Waals surface area contributed by atoms with Crippen molar-refractivity contribution in [1.29, 1.82) is 0 Å². The highest BCUT2D eigenvalue weighted by atomic mass is 16.6. The predicted molar refractivity (Wildman–Crippen MR) is 107 cm³/mol. The van der Waals surface area contributed by atoms with E-state index in [2.05, 4.69) is 16.0 Å². The van der Waals surface area contributed by atoms with Crippen LogP contribution < -0.4 is 16.0 Å². The maximum atomic E-state index is 12.7. The molecule has 1 aliphatic rings. The molecule has 154 valence electrons.